The van der Waals surface area contributed by atoms with E-state index in [1.54, 1.807) is 30.3 Å². The summed E-state index contributed by atoms with van der Waals surface area (Å²) >= 11 is 0. The summed E-state index contributed by atoms with van der Waals surface area (Å²) in [6.07, 6.45) is 3.91. The van der Waals surface area contributed by atoms with Crippen molar-refractivity contribution < 1.29 is 18.8 Å². The van der Waals surface area contributed by atoms with Crippen molar-refractivity contribution in [3.8, 4) is 5.75 Å². The lowest BCUT2D eigenvalue weighted by Gasteiger charge is -2.31. The van der Waals surface area contributed by atoms with E-state index in [1.165, 1.54) is 11.7 Å². The molecule has 0 aromatic carbocycles. The van der Waals surface area contributed by atoms with Crippen LogP contribution in [0.25, 0.3) is 0 Å². The molecule has 0 radical (unpaired) electrons. The van der Waals surface area contributed by atoms with Crippen LogP contribution in [0.3, 0.4) is 0 Å². The molecule has 146 valence electrons. The van der Waals surface area contributed by atoms with E-state index >= 15 is 0 Å². The molecule has 3 rings (SSSR count). The van der Waals surface area contributed by atoms with Gasteiger partial charge in [0.25, 0.3) is 5.56 Å². The first kappa shape index (κ1) is 19.1. The Morgan fingerprint density at radius 3 is 3.04 bits per heavy atom. The number of hydrogen-bond acceptors (Lipinski definition) is 7. The molecule has 0 spiro atoms. The fourth-order valence-corrected chi connectivity index (χ4v) is 3.17. The van der Waals surface area contributed by atoms with Crippen LogP contribution in [0.2, 0.25) is 0 Å². The second-order valence-electron chi connectivity index (χ2n) is 6.48. The van der Waals surface area contributed by atoms with Gasteiger partial charge in [0.1, 0.15) is 6.54 Å². The van der Waals surface area contributed by atoms with Gasteiger partial charge >= 0.3 is 0 Å². The van der Waals surface area contributed by atoms with Crippen molar-refractivity contribution in [3.05, 3.63) is 40.4 Å². The number of methoxy groups -OCH3 is 2. The molecule has 0 saturated carbocycles. The Labute approximate surface area is 156 Å². The summed E-state index contributed by atoms with van der Waals surface area (Å²) in [5.74, 6) is 1.27. The minimum atomic E-state index is -0.318. The second-order valence-corrected chi connectivity index (χ2v) is 6.48. The largest absolute Gasteiger partial charge is 0.491 e. The first-order chi connectivity index (χ1) is 13.1. The SMILES string of the molecule is COCCc1noc([C@@H]2CCCN(C(=O)Cn3cccc(OC)c3=O)C2)n1. The lowest BCUT2D eigenvalue weighted by molar-refractivity contribution is -0.133. The molecular formula is C18H24N4O5. The second kappa shape index (κ2) is 8.81. The molecule has 1 atom stereocenters. The van der Waals surface area contributed by atoms with Crippen LogP contribution in [-0.2, 0) is 22.5 Å². The number of piperidine rings is 1. The Kier molecular flexibility index (Phi) is 6.23. The molecule has 1 saturated heterocycles. The highest BCUT2D eigenvalue weighted by atomic mass is 16.5. The summed E-state index contributed by atoms with van der Waals surface area (Å²) in [7, 11) is 3.06. The summed E-state index contributed by atoms with van der Waals surface area (Å²) in [5.41, 5.74) is -0.318. The average molecular weight is 376 g/mol. The third-order valence-corrected chi connectivity index (χ3v) is 4.65. The van der Waals surface area contributed by atoms with Crippen molar-refractivity contribution in [2.24, 2.45) is 0 Å². The van der Waals surface area contributed by atoms with E-state index in [9.17, 15) is 9.59 Å². The van der Waals surface area contributed by atoms with Gasteiger partial charge in [-0.25, -0.2) is 0 Å². The van der Waals surface area contributed by atoms with Gasteiger partial charge < -0.3 is 23.5 Å². The van der Waals surface area contributed by atoms with Crippen molar-refractivity contribution >= 4 is 5.91 Å². The molecule has 1 aliphatic rings. The van der Waals surface area contributed by atoms with E-state index in [-0.39, 0.29) is 29.7 Å². The molecule has 3 heterocycles. The molecule has 27 heavy (non-hydrogen) atoms. The molecule has 2 aromatic heterocycles. The number of rotatable bonds is 7. The molecule has 0 unspecified atom stereocenters. The van der Waals surface area contributed by atoms with Crippen molar-refractivity contribution in [2.45, 2.75) is 31.7 Å². The zero-order chi connectivity index (χ0) is 19.2. The lowest BCUT2D eigenvalue weighted by atomic mass is 9.98. The van der Waals surface area contributed by atoms with Crippen LogP contribution in [0.15, 0.2) is 27.6 Å². The van der Waals surface area contributed by atoms with Gasteiger partial charge in [-0.3, -0.25) is 9.59 Å². The predicted molar refractivity (Wildman–Crippen MR) is 95.7 cm³/mol. The van der Waals surface area contributed by atoms with E-state index in [0.717, 1.165) is 12.8 Å². The van der Waals surface area contributed by atoms with E-state index < -0.39 is 0 Å². The quantitative estimate of drug-likeness (QED) is 0.706. The number of hydrogen-bond donors (Lipinski definition) is 0. The van der Waals surface area contributed by atoms with Gasteiger partial charge in [0, 0.05) is 32.8 Å². The van der Waals surface area contributed by atoms with Crippen LogP contribution in [0.4, 0.5) is 0 Å². The molecule has 1 fully saturated rings. The van der Waals surface area contributed by atoms with Gasteiger partial charge in [-0.15, -0.1) is 0 Å². The predicted octanol–water partition coefficient (Wildman–Crippen LogP) is 0.835. The van der Waals surface area contributed by atoms with Crippen LogP contribution in [0, 0.1) is 0 Å². The van der Waals surface area contributed by atoms with Gasteiger partial charge in [-0.05, 0) is 25.0 Å². The summed E-state index contributed by atoms with van der Waals surface area (Å²) in [6.45, 7) is 1.66. The number of carbonyl (C=O) groups is 1. The number of aromatic nitrogens is 3. The van der Waals surface area contributed by atoms with Gasteiger partial charge in [0.15, 0.2) is 11.6 Å². The number of likely N-dealkylation sites (tertiary alicyclic amines) is 1. The minimum absolute atomic E-state index is 0.00789. The molecule has 0 N–H and O–H groups in total. The van der Waals surface area contributed by atoms with E-state index in [2.05, 4.69) is 10.1 Å². The molecule has 2 aromatic rings. The Balaban J connectivity index is 1.64. The van der Waals surface area contributed by atoms with E-state index in [1.807, 2.05) is 0 Å². The highest BCUT2D eigenvalue weighted by Crippen LogP contribution is 2.26. The highest BCUT2D eigenvalue weighted by Gasteiger charge is 2.28. The molecule has 1 aliphatic heterocycles. The van der Waals surface area contributed by atoms with E-state index in [4.69, 9.17) is 14.0 Å². The Hall–Kier alpha value is -2.68. The van der Waals surface area contributed by atoms with Crippen molar-refractivity contribution in [3.63, 3.8) is 0 Å². The van der Waals surface area contributed by atoms with Crippen molar-refractivity contribution in [1.29, 1.82) is 0 Å². The zero-order valence-corrected chi connectivity index (χ0v) is 15.6. The van der Waals surface area contributed by atoms with Crippen LogP contribution < -0.4 is 10.3 Å². The van der Waals surface area contributed by atoms with Crippen LogP contribution in [-0.4, -0.2) is 59.4 Å². The molecular weight excluding hydrogens is 352 g/mol. The summed E-state index contributed by atoms with van der Waals surface area (Å²) in [6, 6.07) is 3.27. The molecule has 9 nitrogen and oxygen atoms in total. The third-order valence-electron chi connectivity index (χ3n) is 4.65. The lowest BCUT2D eigenvalue weighted by Crippen LogP contribution is -2.42. The highest BCUT2D eigenvalue weighted by molar-refractivity contribution is 5.76. The van der Waals surface area contributed by atoms with Gasteiger partial charge in [0.05, 0.1) is 19.6 Å². The Bertz CT molecular complexity index is 831. The van der Waals surface area contributed by atoms with Crippen LogP contribution in [0.5, 0.6) is 5.75 Å². The van der Waals surface area contributed by atoms with Gasteiger partial charge in [0.2, 0.25) is 11.8 Å². The molecule has 0 aliphatic carbocycles. The van der Waals surface area contributed by atoms with Crippen LogP contribution in [0.1, 0.15) is 30.5 Å². The van der Waals surface area contributed by atoms with Crippen molar-refractivity contribution in [1.82, 2.24) is 19.6 Å². The Morgan fingerprint density at radius 1 is 1.41 bits per heavy atom. The Morgan fingerprint density at radius 2 is 2.26 bits per heavy atom. The first-order valence-electron chi connectivity index (χ1n) is 8.95. The maximum absolute atomic E-state index is 12.7. The fourth-order valence-electron chi connectivity index (χ4n) is 3.17. The monoisotopic (exact) mass is 376 g/mol. The first-order valence-corrected chi connectivity index (χ1v) is 8.95. The van der Waals surface area contributed by atoms with Crippen LogP contribution >= 0.6 is 0 Å². The topological polar surface area (TPSA) is 99.7 Å². The number of nitrogens with zero attached hydrogens (tertiary/aromatic N) is 4. The number of carbonyl (C=O) groups excluding carboxylic acids is 1. The zero-order valence-electron chi connectivity index (χ0n) is 15.6. The van der Waals surface area contributed by atoms with Crippen molar-refractivity contribution in [2.75, 3.05) is 33.9 Å². The fraction of sp³-hybridized carbons (Fsp3) is 0.556. The summed E-state index contributed by atoms with van der Waals surface area (Å²) < 4.78 is 16.8. The third kappa shape index (κ3) is 4.54. The van der Waals surface area contributed by atoms with Gasteiger partial charge in [-0.2, -0.15) is 4.98 Å². The maximum Gasteiger partial charge on any atom is 0.293 e. The van der Waals surface area contributed by atoms with E-state index in [0.29, 0.717) is 37.8 Å². The normalized spacial score (nSPS) is 17.1. The molecule has 0 bridgehead atoms. The van der Waals surface area contributed by atoms with Gasteiger partial charge in [-0.1, -0.05) is 5.16 Å². The maximum atomic E-state index is 12.7. The average Bonchev–Trinajstić information content (AvgIpc) is 3.17. The number of ether oxygens (including phenoxy) is 2. The minimum Gasteiger partial charge on any atom is -0.491 e. The number of amides is 1. The molecule has 1 amide bonds. The standard InChI is InChI=1S/C18H24N4O5/c1-25-10-7-15-19-17(27-20-15)13-5-3-8-21(11-13)16(23)12-22-9-4-6-14(26-2)18(22)24/h4,6,9,13H,3,5,7-8,10-12H2,1-2H3/t13-/m1/s1. The molecule has 9 heteroatoms. The smallest absolute Gasteiger partial charge is 0.293 e. The summed E-state index contributed by atoms with van der Waals surface area (Å²) in [4.78, 5) is 31.1. The summed E-state index contributed by atoms with van der Waals surface area (Å²) in [5, 5.41) is 3.97. The number of pyridine rings is 1.